The first-order chi connectivity index (χ1) is 3.70. The smallest absolute Gasteiger partial charge is 0.324 e. The quantitative estimate of drug-likeness (QED) is 0.364. The van der Waals surface area contributed by atoms with Gasteiger partial charge in [-0.25, -0.2) is 0 Å². The van der Waals surface area contributed by atoms with Gasteiger partial charge in [-0.15, -0.1) is 11.6 Å². The van der Waals surface area contributed by atoms with Crippen molar-refractivity contribution >= 4 is 17.6 Å². The summed E-state index contributed by atoms with van der Waals surface area (Å²) in [5, 5.41) is -0.398. The number of halogens is 1. The van der Waals surface area contributed by atoms with E-state index in [1.54, 1.807) is 0 Å². The van der Waals surface area contributed by atoms with E-state index in [1.165, 1.54) is 0 Å². The van der Waals surface area contributed by atoms with Crippen LogP contribution in [0.3, 0.4) is 0 Å². The van der Waals surface area contributed by atoms with E-state index >= 15 is 0 Å². The normalized spacial score (nSPS) is 37.5. The number of carbonyl (C=O) groups excluding carboxylic acids is 1. The van der Waals surface area contributed by atoms with Gasteiger partial charge in [0.1, 0.15) is 11.5 Å². The summed E-state index contributed by atoms with van der Waals surface area (Å²) in [4.78, 5) is 10.4. The number of hydrogen-bond acceptors (Lipinski definition) is 2. The van der Waals surface area contributed by atoms with Gasteiger partial charge in [0, 0.05) is 6.42 Å². The molecule has 0 radical (unpaired) electrons. The summed E-state index contributed by atoms with van der Waals surface area (Å²) in [5.41, 5.74) is 0. The predicted molar refractivity (Wildman–Crippen MR) is 29.8 cm³/mol. The van der Waals surface area contributed by atoms with Crippen molar-refractivity contribution in [2.45, 2.75) is 24.8 Å². The van der Waals surface area contributed by atoms with Gasteiger partial charge in [-0.3, -0.25) is 4.79 Å². The Morgan fingerprint density at radius 1 is 1.88 bits per heavy atom. The number of ether oxygens (including phenoxy) is 1. The van der Waals surface area contributed by atoms with E-state index in [2.05, 4.69) is 0 Å². The van der Waals surface area contributed by atoms with Gasteiger partial charge in [0.2, 0.25) is 0 Å². The van der Waals surface area contributed by atoms with Crippen LogP contribution >= 0.6 is 11.6 Å². The molecule has 0 unspecified atom stereocenters. The monoisotopic (exact) mass is 134 g/mol. The lowest BCUT2D eigenvalue weighted by Gasteiger charge is -1.95. The van der Waals surface area contributed by atoms with Crippen LogP contribution in [0.15, 0.2) is 0 Å². The van der Waals surface area contributed by atoms with E-state index in [4.69, 9.17) is 16.3 Å². The average molecular weight is 135 g/mol. The molecule has 0 aromatic heterocycles. The zero-order chi connectivity index (χ0) is 6.15. The van der Waals surface area contributed by atoms with E-state index in [-0.39, 0.29) is 12.1 Å². The van der Waals surface area contributed by atoms with Crippen molar-refractivity contribution < 1.29 is 9.53 Å². The number of hydrogen-bond donors (Lipinski definition) is 0. The van der Waals surface area contributed by atoms with E-state index < -0.39 is 5.38 Å². The third-order valence-corrected chi connectivity index (χ3v) is 1.47. The summed E-state index contributed by atoms with van der Waals surface area (Å²) < 4.78 is 4.70. The molecule has 1 saturated heterocycles. The molecule has 8 heavy (non-hydrogen) atoms. The molecule has 1 aliphatic heterocycles. The summed E-state index contributed by atoms with van der Waals surface area (Å²) in [5.74, 6) is -0.279. The number of carbonyl (C=O) groups is 1. The fourth-order valence-corrected chi connectivity index (χ4v) is 1.01. The minimum atomic E-state index is -0.398. The maximum absolute atomic E-state index is 10.4. The second kappa shape index (κ2) is 1.94. The second-order valence-electron chi connectivity index (χ2n) is 1.95. The first-order valence-corrected chi connectivity index (χ1v) is 2.98. The van der Waals surface area contributed by atoms with Crippen LogP contribution in [0.25, 0.3) is 0 Å². The van der Waals surface area contributed by atoms with Crippen LogP contribution in [-0.2, 0) is 9.53 Å². The van der Waals surface area contributed by atoms with Crippen molar-refractivity contribution in [2.75, 3.05) is 0 Å². The Hall–Kier alpha value is -0.240. The van der Waals surface area contributed by atoms with E-state index in [0.29, 0.717) is 6.42 Å². The molecule has 0 saturated carbocycles. The van der Waals surface area contributed by atoms with Crippen LogP contribution in [-0.4, -0.2) is 17.5 Å². The Bertz CT molecular complexity index is 113. The second-order valence-corrected chi connectivity index (χ2v) is 2.48. The molecule has 0 aliphatic carbocycles. The molecule has 0 bridgehead atoms. The summed E-state index contributed by atoms with van der Waals surface area (Å²) in [6.45, 7) is 1.83. The Kier molecular flexibility index (Phi) is 1.43. The molecule has 2 atom stereocenters. The summed E-state index contributed by atoms with van der Waals surface area (Å²) in [6.07, 6.45) is 0.672. The zero-order valence-corrected chi connectivity index (χ0v) is 5.31. The van der Waals surface area contributed by atoms with Crippen molar-refractivity contribution in [3.05, 3.63) is 0 Å². The molecule has 1 heterocycles. The Morgan fingerprint density at radius 2 is 2.50 bits per heavy atom. The SMILES string of the molecule is C[C@H]1C[C@H](Cl)C(=O)O1. The maximum Gasteiger partial charge on any atom is 0.324 e. The highest BCUT2D eigenvalue weighted by atomic mass is 35.5. The van der Waals surface area contributed by atoms with Gasteiger partial charge in [-0.2, -0.15) is 0 Å². The largest absolute Gasteiger partial charge is 0.461 e. The first-order valence-electron chi connectivity index (χ1n) is 2.54. The van der Waals surface area contributed by atoms with Gasteiger partial charge < -0.3 is 4.74 Å². The van der Waals surface area contributed by atoms with E-state index in [1.807, 2.05) is 6.92 Å². The minimum absolute atomic E-state index is 0.0185. The third-order valence-electron chi connectivity index (χ3n) is 1.11. The lowest BCUT2D eigenvalue weighted by molar-refractivity contribution is -0.140. The topological polar surface area (TPSA) is 26.3 Å². The Balaban J connectivity index is 2.51. The maximum atomic E-state index is 10.4. The highest BCUT2D eigenvalue weighted by Crippen LogP contribution is 2.18. The van der Waals surface area contributed by atoms with Crippen molar-refractivity contribution in [3.63, 3.8) is 0 Å². The van der Waals surface area contributed by atoms with Crippen LogP contribution < -0.4 is 0 Å². The number of cyclic esters (lactones) is 1. The molecule has 0 aromatic carbocycles. The van der Waals surface area contributed by atoms with Gasteiger partial charge in [0.05, 0.1) is 0 Å². The molecule has 1 rings (SSSR count). The molecule has 3 heteroatoms. The summed E-state index contributed by atoms with van der Waals surface area (Å²) in [6, 6.07) is 0. The number of alkyl halides is 1. The minimum Gasteiger partial charge on any atom is -0.461 e. The molecule has 1 fully saturated rings. The van der Waals surface area contributed by atoms with Gasteiger partial charge >= 0.3 is 5.97 Å². The van der Waals surface area contributed by atoms with Crippen molar-refractivity contribution in [2.24, 2.45) is 0 Å². The van der Waals surface area contributed by atoms with Crippen molar-refractivity contribution in [3.8, 4) is 0 Å². The predicted octanol–water partition coefficient (Wildman–Crippen LogP) is 0.929. The summed E-state index contributed by atoms with van der Waals surface area (Å²) in [7, 11) is 0. The van der Waals surface area contributed by atoms with Gasteiger partial charge in [0.25, 0.3) is 0 Å². The highest BCUT2D eigenvalue weighted by molar-refractivity contribution is 6.30. The van der Waals surface area contributed by atoms with Crippen LogP contribution in [0.1, 0.15) is 13.3 Å². The molecule has 46 valence electrons. The van der Waals surface area contributed by atoms with Crippen molar-refractivity contribution in [1.82, 2.24) is 0 Å². The Labute approximate surface area is 52.8 Å². The van der Waals surface area contributed by atoms with Gasteiger partial charge in [-0.05, 0) is 6.92 Å². The van der Waals surface area contributed by atoms with Gasteiger partial charge in [0.15, 0.2) is 0 Å². The molecule has 2 nitrogen and oxygen atoms in total. The van der Waals surface area contributed by atoms with Crippen LogP contribution in [0.2, 0.25) is 0 Å². The number of esters is 1. The average Bonchev–Trinajstić information content (AvgIpc) is 1.85. The number of rotatable bonds is 0. The molecule has 0 N–H and O–H groups in total. The molecule has 0 aromatic rings. The third kappa shape index (κ3) is 0.944. The lowest BCUT2D eigenvalue weighted by Crippen LogP contribution is -2.04. The Morgan fingerprint density at radius 3 is 2.62 bits per heavy atom. The zero-order valence-electron chi connectivity index (χ0n) is 4.56. The molecule has 0 spiro atoms. The van der Waals surface area contributed by atoms with E-state index in [0.717, 1.165) is 0 Å². The van der Waals surface area contributed by atoms with Gasteiger partial charge in [-0.1, -0.05) is 0 Å². The van der Waals surface area contributed by atoms with Crippen LogP contribution in [0.5, 0.6) is 0 Å². The highest BCUT2D eigenvalue weighted by Gasteiger charge is 2.29. The van der Waals surface area contributed by atoms with E-state index in [9.17, 15) is 4.79 Å². The van der Waals surface area contributed by atoms with Crippen LogP contribution in [0, 0.1) is 0 Å². The molecule has 1 aliphatic rings. The van der Waals surface area contributed by atoms with Crippen molar-refractivity contribution in [1.29, 1.82) is 0 Å². The lowest BCUT2D eigenvalue weighted by atomic mass is 10.3. The molecular formula is C5H7ClO2. The summed E-state index contributed by atoms with van der Waals surface area (Å²) >= 11 is 5.48. The molecular weight excluding hydrogens is 128 g/mol. The molecule has 0 amide bonds. The fraction of sp³-hybridized carbons (Fsp3) is 0.800. The standard InChI is InChI=1S/C5H7ClO2/c1-3-2-4(6)5(7)8-3/h3-4H,2H2,1H3/t3-,4-/m0/s1. The fourth-order valence-electron chi connectivity index (χ4n) is 0.708. The first kappa shape index (κ1) is 5.89. The van der Waals surface area contributed by atoms with Crippen LogP contribution in [0.4, 0.5) is 0 Å².